The van der Waals surface area contributed by atoms with Crippen LogP contribution in [-0.4, -0.2) is 65.2 Å². The molecule has 0 aliphatic carbocycles. The molecule has 1 saturated heterocycles. The van der Waals surface area contributed by atoms with E-state index in [1.165, 1.54) is 9.58 Å². The molecule has 4 aromatic rings. The highest BCUT2D eigenvalue weighted by molar-refractivity contribution is 5.89. The van der Waals surface area contributed by atoms with E-state index in [1.54, 1.807) is 24.5 Å². The molecule has 1 unspecified atom stereocenters. The minimum absolute atomic E-state index is 0.112. The van der Waals surface area contributed by atoms with Crippen LogP contribution in [0.3, 0.4) is 0 Å². The van der Waals surface area contributed by atoms with Gasteiger partial charge in [0.1, 0.15) is 0 Å². The van der Waals surface area contributed by atoms with Gasteiger partial charge >= 0.3 is 5.97 Å². The summed E-state index contributed by atoms with van der Waals surface area (Å²) in [5, 5.41) is 25.2. The minimum atomic E-state index is -1.47. The van der Waals surface area contributed by atoms with Crippen LogP contribution in [0.4, 0.5) is 0 Å². The van der Waals surface area contributed by atoms with Crippen molar-refractivity contribution in [2.45, 2.75) is 51.2 Å². The number of hydrogen-bond donors (Lipinski definition) is 2. The Kier molecular flexibility index (Phi) is 8.25. The van der Waals surface area contributed by atoms with E-state index >= 15 is 0 Å². The quantitative estimate of drug-likeness (QED) is 0.282. The monoisotopic (exact) mass is 553 g/mol. The van der Waals surface area contributed by atoms with Crippen molar-refractivity contribution in [1.82, 2.24) is 35.4 Å². The van der Waals surface area contributed by atoms with E-state index in [0.29, 0.717) is 38.1 Å². The van der Waals surface area contributed by atoms with Gasteiger partial charge in [-0.1, -0.05) is 55.5 Å². The van der Waals surface area contributed by atoms with Gasteiger partial charge in [0.2, 0.25) is 11.8 Å². The molecule has 1 fully saturated rings. The number of amides is 1. The number of carbonyl (C=O) groups excluding carboxylic acids is 2. The normalized spacial score (nSPS) is 16.6. The van der Waals surface area contributed by atoms with Crippen LogP contribution in [0.5, 0.6) is 0 Å². The highest BCUT2D eigenvalue weighted by atomic mass is 16.4. The highest BCUT2D eigenvalue weighted by Gasteiger charge is 2.49. The smallest absolute Gasteiger partial charge is 0.344 e. The summed E-state index contributed by atoms with van der Waals surface area (Å²) < 4.78 is 1.25. The van der Waals surface area contributed by atoms with Crippen molar-refractivity contribution < 1.29 is 19.5 Å². The van der Waals surface area contributed by atoms with Crippen LogP contribution in [0.25, 0.3) is 22.5 Å². The van der Waals surface area contributed by atoms with Crippen LogP contribution in [0, 0.1) is 0 Å². The molecule has 210 valence electrons. The largest absolute Gasteiger partial charge is 0.478 e. The number of benzene rings is 2. The number of nitrogens with zero attached hydrogens (tertiary/aromatic N) is 6. The van der Waals surface area contributed by atoms with Gasteiger partial charge in [-0.25, -0.2) is 4.79 Å². The molecule has 0 spiro atoms. The Hall–Kier alpha value is -4.77. The second-order valence-electron chi connectivity index (χ2n) is 10.0. The zero-order valence-corrected chi connectivity index (χ0v) is 22.7. The van der Waals surface area contributed by atoms with Crippen molar-refractivity contribution in [3.8, 4) is 22.5 Å². The first-order valence-corrected chi connectivity index (χ1v) is 13.6. The van der Waals surface area contributed by atoms with E-state index in [0.717, 1.165) is 27.8 Å². The van der Waals surface area contributed by atoms with E-state index < -0.39 is 11.6 Å². The minimum Gasteiger partial charge on any atom is -0.478 e. The number of rotatable bonds is 10. The number of likely N-dealkylation sites (tertiary alicyclic amines) is 1. The predicted octanol–water partition coefficient (Wildman–Crippen LogP) is 3.58. The van der Waals surface area contributed by atoms with Gasteiger partial charge < -0.3 is 10.0 Å². The van der Waals surface area contributed by atoms with Crippen LogP contribution in [0.2, 0.25) is 0 Å². The topological polar surface area (TPSA) is 143 Å². The van der Waals surface area contributed by atoms with E-state index in [2.05, 4.69) is 25.8 Å². The van der Waals surface area contributed by atoms with Gasteiger partial charge in [0, 0.05) is 37.5 Å². The van der Waals surface area contributed by atoms with E-state index in [9.17, 15) is 19.5 Å². The Bertz CT molecular complexity index is 1540. The molecular weight excluding hydrogens is 522 g/mol. The summed E-state index contributed by atoms with van der Waals surface area (Å²) in [6, 6.07) is 18.8. The number of carboxylic acid groups (broad SMARTS) is 1. The maximum atomic E-state index is 13.1. The van der Waals surface area contributed by atoms with Crippen molar-refractivity contribution in [3.63, 3.8) is 0 Å². The lowest BCUT2D eigenvalue weighted by Gasteiger charge is -2.35. The Balaban J connectivity index is 1.34. The number of nitrogens with one attached hydrogen (secondary N) is 1. The molecule has 41 heavy (non-hydrogen) atoms. The van der Waals surface area contributed by atoms with Crippen molar-refractivity contribution >= 4 is 17.8 Å². The van der Waals surface area contributed by atoms with Crippen LogP contribution >= 0.6 is 0 Å². The van der Waals surface area contributed by atoms with Crippen LogP contribution in [0.1, 0.15) is 48.5 Å². The zero-order valence-electron chi connectivity index (χ0n) is 22.7. The molecule has 2 aromatic heterocycles. The number of carbonyl (C=O) groups is 3. The highest BCUT2D eigenvalue weighted by Crippen LogP contribution is 2.32. The maximum Gasteiger partial charge on any atom is 0.344 e. The van der Waals surface area contributed by atoms with Gasteiger partial charge in [0.05, 0.1) is 6.42 Å². The van der Waals surface area contributed by atoms with Gasteiger partial charge in [-0.3, -0.25) is 19.9 Å². The standard InChI is InChI=1S/C30H31N7O4/c1-2-6-26(38)37-28(33-34-35-37)25-8-4-3-7-24(25)23-11-9-22(10-12-23)20-32-30(29(40)41)15-5-18-36(30)27(39)19-21-13-16-31-17-14-21/h3-4,7-14,16-17,32H,2,5-6,15,18-20H2,1H3,(H,40,41). The lowest BCUT2D eigenvalue weighted by atomic mass is 9.98. The molecule has 1 amide bonds. The molecule has 11 nitrogen and oxygen atoms in total. The zero-order chi connectivity index (χ0) is 28.8. The van der Waals surface area contributed by atoms with Gasteiger partial charge in [0.15, 0.2) is 11.5 Å². The average molecular weight is 554 g/mol. The summed E-state index contributed by atoms with van der Waals surface area (Å²) in [6.45, 7) is 2.56. The lowest BCUT2D eigenvalue weighted by molar-refractivity contribution is -0.159. The van der Waals surface area contributed by atoms with Crippen LogP contribution in [-0.2, 0) is 22.6 Å². The molecule has 5 rings (SSSR count). The van der Waals surface area contributed by atoms with Gasteiger partial charge in [-0.2, -0.15) is 4.68 Å². The first-order valence-electron chi connectivity index (χ1n) is 13.6. The summed E-state index contributed by atoms with van der Waals surface area (Å²) in [7, 11) is 0. The van der Waals surface area contributed by atoms with Crippen LogP contribution < -0.4 is 5.32 Å². The summed E-state index contributed by atoms with van der Waals surface area (Å²) in [5.74, 6) is -1.10. The SMILES string of the molecule is CCCC(=O)n1nnnc1-c1ccccc1-c1ccc(CNC2(C(=O)O)CCCN2C(=O)Cc2ccncc2)cc1. The molecule has 0 saturated carbocycles. The molecule has 3 heterocycles. The van der Waals surface area contributed by atoms with Crippen molar-refractivity contribution in [3.05, 3.63) is 84.2 Å². The summed E-state index contributed by atoms with van der Waals surface area (Å²) in [5.41, 5.74) is 2.66. The lowest BCUT2D eigenvalue weighted by Crippen LogP contribution is -2.62. The summed E-state index contributed by atoms with van der Waals surface area (Å²) >= 11 is 0. The Labute approximate surface area is 237 Å². The van der Waals surface area contributed by atoms with Crippen LogP contribution in [0.15, 0.2) is 73.1 Å². The summed E-state index contributed by atoms with van der Waals surface area (Å²) in [6.07, 6.45) is 5.29. The molecule has 1 aliphatic heterocycles. The Morgan fingerprint density at radius 3 is 2.39 bits per heavy atom. The fraction of sp³-hybridized carbons (Fsp3) is 0.300. The van der Waals surface area contributed by atoms with Gasteiger partial charge in [0.25, 0.3) is 0 Å². The number of pyridine rings is 1. The van der Waals surface area contributed by atoms with Gasteiger partial charge in [-0.15, -0.1) is 5.10 Å². The fourth-order valence-corrected chi connectivity index (χ4v) is 5.23. The number of carboxylic acids is 1. The number of tetrazole rings is 1. The van der Waals surface area contributed by atoms with Crippen molar-refractivity contribution in [2.75, 3.05) is 6.54 Å². The van der Waals surface area contributed by atoms with Crippen molar-refractivity contribution in [2.24, 2.45) is 0 Å². The third-order valence-corrected chi connectivity index (χ3v) is 7.33. The Morgan fingerprint density at radius 2 is 1.68 bits per heavy atom. The molecule has 2 N–H and O–H groups in total. The Morgan fingerprint density at radius 1 is 0.951 bits per heavy atom. The van der Waals surface area contributed by atoms with E-state index in [-0.39, 0.29) is 24.8 Å². The average Bonchev–Trinajstić information content (AvgIpc) is 3.66. The molecule has 1 aliphatic rings. The molecule has 1 atom stereocenters. The fourth-order valence-electron chi connectivity index (χ4n) is 5.23. The van der Waals surface area contributed by atoms with Crippen molar-refractivity contribution in [1.29, 1.82) is 0 Å². The number of aliphatic carboxylic acids is 1. The predicted molar refractivity (Wildman–Crippen MR) is 150 cm³/mol. The first-order chi connectivity index (χ1) is 19.9. The molecule has 11 heteroatoms. The number of aromatic nitrogens is 5. The molecular formula is C30H31N7O4. The maximum absolute atomic E-state index is 13.1. The first kappa shape index (κ1) is 27.8. The second-order valence-corrected chi connectivity index (χ2v) is 10.0. The molecule has 2 aromatic carbocycles. The number of hydrogen-bond acceptors (Lipinski definition) is 8. The summed E-state index contributed by atoms with van der Waals surface area (Å²) in [4.78, 5) is 43.6. The molecule has 0 bridgehead atoms. The van der Waals surface area contributed by atoms with E-state index in [4.69, 9.17) is 0 Å². The third-order valence-electron chi connectivity index (χ3n) is 7.33. The second kappa shape index (κ2) is 12.2. The molecule has 0 radical (unpaired) electrons. The van der Waals surface area contributed by atoms with Gasteiger partial charge in [-0.05, 0) is 64.1 Å². The van der Waals surface area contributed by atoms with E-state index in [1.807, 2.05) is 55.5 Å². The third kappa shape index (κ3) is 5.75.